The lowest BCUT2D eigenvalue weighted by Crippen LogP contribution is -2.51. The monoisotopic (exact) mass is 233 g/mol. The molecule has 1 saturated heterocycles. The van der Waals surface area contributed by atoms with Crippen LogP contribution in [0.3, 0.4) is 0 Å². The van der Waals surface area contributed by atoms with Gasteiger partial charge in [0.1, 0.15) is 5.57 Å². The maximum atomic E-state index is 11.5. The second kappa shape index (κ2) is 4.19. The molecule has 2 amide bonds. The minimum absolute atomic E-state index is 0.0154. The van der Waals surface area contributed by atoms with Crippen molar-refractivity contribution in [3.8, 4) is 0 Å². The highest BCUT2D eigenvalue weighted by Crippen LogP contribution is 2.07. The van der Waals surface area contributed by atoms with Crippen molar-refractivity contribution >= 4 is 35.2 Å². The summed E-state index contributed by atoms with van der Waals surface area (Å²) >= 11 is 4.67. The fourth-order valence-electron chi connectivity index (χ4n) is 1.23. The van der Waals surface area contributed by atoms with Gasteiger partial charge in [0.2, 0.25) is 0 Å². The number of hydrogen-bond acceptors (Lipinski definition) is 4. The SMILES string of the molecule is O=C1NC(=S)NC(=O)C1=Cc1cccnc1. The Bertz CT molecular complexity index is 474. The van der Waals surface area contributed by atoms with E-state index in [-0.39, 0.29) is 10.7 Å². The molecule has 0 aromatic carbocycles. The molecule has 2 N–H and O–H groups in total. The lowest BCUT2D eigenvalue weighted by atomic mass is 10.1. The van der Waals surface area contributed by atoms with Crippen LogP contribution in [0, 0.1) is 0 Å². The minimum atomic E-state index is -0.502. The number of aromatic nitrogens is 1. The number of nitrogens with one attached hydrogen (secondary N) is 2. The summed E-state index contributed by atoms with van der Waals surface area (Å²) in [6.07, 6.45) is 4.62. The number of pyridine rings is 1. The molecule has 80 valence electrons. The molecule has 1 aliphatic heterocycles. The van der Waals surface area contributed by atoms with Crippen LogP contribution in [0.4, 0.5) is 0 Å². The summed E-state index contributed by atoms with van der Waals surface area (Å²) in [4.78, 5) is 26.8. The van der Waals surface area contributed by atoms with E-state index in [0.29, 0.717) is 5.56 Å². The molecule has 0 saturated carbocycles. The van der Waals surface area contributed by atoms with Crippen molar-refractivity contribution < 1.29 is 9.59 Å². The summed E-state index contributed by atoms with van der Waals surface area (Å²) in [5, 5.41) is 4.73. The standard InChI is InChI=1S/C10H7N3O2S/c14-8-7(9(15)13-10(16)12-8)4-6-2-1-3-11-5-6/h1-5H,(H2,12,13,14,15,16). The molecule has 0 unspecified atom stereocenters. The van der Waals surface area contributed by atoms with Crippen molar-refractivity contribution in [3.63, 3.8) is 0 Å². The first-order valence-electron chi connectivity index (χ1n) is 4.45. The van der Waals surface area contributed by atoms with E-state index in [1.54, 1.807) is 24.5 Å². The van der Waals surface area contributed by atoms with Gasteiger partial charge in [-0.25, -0.2) is 0 Å². The number of thiocarbonyl (C=S) groups is 1. The number of carbonyl (C=O) groups is 2. The summed E-state index contributed by atoms with van der Waals surface area (Å²) < 4.78 is 0. The molecule has 1 aromatic heterocycles. The number of nitrogens with zero attached hydrogens (tertiary/aromatic N) is 1. The van der Waals surface area contributed by atoms with Gasteiger partial charge in [0.05, 0.1) is 0 Å². The van der Waals surface area contributed by atoms with E-state index >= 15 is 0 Å². The van der Waals surface area contributed by atoms with Gasteiger partial charge in [-0.05, 0) is 29.9 Å². The highest BCUT2D eigenvalue weighted by atomic mass is 32.1. The fourth-order valence-corrected chi connectivity index (χ4v) is 1.42. The van der Waals surface area contributed by atoms with Crippen molar-refractivity contribution in [2.75, 3.05) is 0 Å². The van der Waals surface area contributed by atoms with Gasteiger partial charge in [0.15, 0.2) is 5.11 Å². The van der Waals surface area contributed by atoms with Crippen molar-refractivity contribution in [1.29, 1.82) is 0 Å². The predicted octanol–water partition coefficient (Wildman–Crippen LogP) is -0.00410. The zero-order valence-corrected chi connectivity index (χ0v) is 8.88. The molecule has 0 spiro atoms. The Labute approximate surface area is 96.6 Å². The van der Waals surface area contributed by atoms with Gasteiger partial charge >= 0.3 is 0 Å². The maximum absolute atomic E-state index is 11.5. The van der Waals surface area contributed by atoms with Crippen LogP contribution in [-0.4, -0.2) is 21.9 Å². The third kappa shape index (κ3) is 2.12. The zero-order valence-electron chi connectivity index (χ0n) is 8.06. The molecule has 5 nitrogen and oxygen atoms in total. The number of amides is 2. The normalized spacial score (nSPS) is 15.5. The molecule has 6 heteroatoms. The Morgan fingerprint density at radius 1 is 1.25 bits per heavy atom. The van der Waals surface area contributed by atoms with Crippen LogP contribution in [0.5, 0.6) is 0 Å². The molecule has 16 heavy (non-hydrogen) atoms. The van der Waals surface area contributed by atoms with Crippen LogP contribution in [0.15, 0.2) is 30.1 Å². The van der Waals surface area contributed by atoms with Crippen LogP contribution in [0.2, 0.25) is 0 Å². The maximum Gasteiger partial charge on any atom is 0.263 e. The van der Waals surface area contributed by atoms with Gasteiger partial charge in [0, 0.05) is 12.4 Å². The lowest BCUT2D eigenvalue weighted by molar-refractivity contribution is -0.123. The third-order valence-corrected chi connectivity index (χ3v) is 2.14. The highest BCUT2D eigenvalue weighted by Gasteiger charge is 2.25. The van der Waals surface area contributed by atoms with Crippen LogP contribution >= 0.6 is 12.2 Å². The first-order chi connectivity index (χ1) is 7.66. The summed E-state index contributed by atoms with van der Waals surface area (Å²) in [5.41, 5.74) is 0.692. The van der Waals surface area contributed by atoms with Crippen LogP contribution in [0.1, 0.15) is 5.56 Å². The van der Waals surface area contributed by atoms with Gasteiger partial charge in [-0.3, -0.25) is 25.2 Å². The number of carbonyl (C=O) groups excluding carboxylic acids is 2. The van der Waals surface area contributed by atoms with Crippen LogP contribution in [0.25, 0.3) is 6.08 Å². The molecular formula is C10H7N3O2S. The van der Waals surface area contributed by atoms with E-state index in [1.807, 2.05) is 0 Å². The van der Waals surface area contributed by atoms with Crippen molar-refractivity contribution in [2.24, 2.45) is 0 Å². The van der Waals surface area contributed by atoms with Gasteiger partial charge in [-0.15, -0.1) is 0 Å². The average Bonchev–Trinajstić information content (AvgIpc) is 2.25. The second-order valence-corrected chi connectivity index (χ2v) is 3.49. The Morgan fingerprint density at radius 3 is 2.50 bits per heavy atom. The lowest BCUT2D eigenvalue weighted by Gasteiger charge is -2.16. The van der Waals surface area contributed by atoms with Crippen molar-refractivity contribution in [2.45, 2.75) is 0 Å². The molecule has 1 aliphatic rings. The summed E-state index contributed by atoms with van der Waals surface area (Å²) in [7, 11) is 0. The zero-order chi connectivity index (χ0) is 11.5. The van der Waals surface area contributed by atoms with Gasteiger partial charge in [-0.2, -0.15) is 0 Å². The average molecular weight is 233 g/mol. The second-order valence-electron chi connectivity index (χ2n) is 3.08. The van der Waals surface area contributed by atoms with Crippen LogP contribution in [-0.2, 0) is 9.59 Å². The topological polar surface area (TPSA) is 71.1 Å². The fraction of sp³-hybridized carbons (Fsp3) is 0. The summed E-state index contributed by atoms with van der Waals surface area (Å²) in [6, 6.07) is 3.46. The summed E-state index contributed by atoms with van der Waals surface area (Å²) in [6.45, 7) is 0. The minimum Gasteiger partial charge on any atom is -0.299 e. The Kier molecular flexibility index (Phi) is 2.74. The van der Waals surface area contributed by atoms with Crippen LogP contribution < -0.4 is 10.6 Å². The van der Waals surface area contributed by atoms with E-state index < -0.39 is 11.8 Å². The third-order valence-electron chi connectivity index (χ3n) is 1.94. The first kappa shape index (κ1) is 10.4. The number of hydrogen-bond donors (Lipinski definition) is 2. The molecule has 2 rings (SSSR count). The summed E-state index contributed by atoms with van der Waals surface area (Å²) in [5.74, 6) is -1.00. The van der Waals surface area contributed by atoms with E-state index in [2.05, 4.69) is 27.8 Å². The molecule has 0 radical (unpaired) electrons. The number of rotatable bonds is 1. The van der Waals surface area contributed by atoms with E-state index in [1.165, 1.54) is 6.08 Å². The Morgan fingerprint density at radius 2 is 1.94 bits per heavy atom. The van der Waals surface area contributed by atoms with Gasteiger partial charge in [-0.1, -0.05) is 6.07 Å². The molecule has 1 fully saturated rings. The van der Waals surface area contributed by atoms with E-state index in [4.69, 9.17) is 0 Å². The molecule has 2 heterocycles. The van der Waals surface area contributed by atoms with E-state index in [9.17, 15) is 9.59 Å². The molecule has 0 aliphatic carbocycles. The molecule has 0 atom stereocenters. The quantitative estimate of drug-likeness (QED) is 0.407. The largest absolute Gasteiger partial charge is 0.299 e. The predicted molar refractivity (Wildman–Crippen MR) is 61.1 cm³/mol. The molecule has 0 bridgehead atoms. The molecule has 1 aromatic rings. The highest BCUT2D eigenvalue weighted by molar-refractivity contribution is 7.80. The van der Waals surface area contributed by atoms with Crippen molar-refractivity contribution in [1.82, 2.24) is 15.6 Å². The smallest absolute Gasteiger partial charge is 0.263 e. The van der Waals surface area contributed by atoms with Gasteiger partial charge in [0.25, 0.3) is 11.8 Å². The Balaban J connectivity index is 2.33. The Hall–Kier alpha value is -2.08. The van der Waals surface area contributed by atoms with Gasteiger partial charge < -0.3 is 0 Å². The van der Waals surface area contributed by atoms with E-state index in [0.717, 1.165) is 0 Å². The first-order valence-corrected chi connectivity index (χ1v) is 4.86. The molecular weight excluding hydrogens is 226 g/mol. The van der Waals surface area contributed by atoms with Crippen molar-refractivity contribution in [3.05, 3.63) is 35.7 Å².